The minimum absolute atomic E-state index is 0.0111. The summed E-state index contributed by atoms with van der Waals surface area (Å²) in [6.07, 6.45) is 0.176. The third-order valence-corrected chi connectivity index (χ3v) is 4.44. The van der Waals surface area contributed by atoms with Crippen molar-refractivity contribution in [3.63, 3.8) is 0 Å². The molecule has 2 aromatic rings. The van der Waals surface area contributed by atoms with E-state index in [1.165, 1.54) is 6.07 Å². The number of hydrogen-bond acceptors (Lipinski definition) is 5. The number of ether oxygens (including phenoxy) is 1. The second kappa shape index (κ2) is 9.09. The van der Waals surface area contributed by atoms with Gasteiger partial charge >= 0.3 is 5.97 Å². The Labute approximate surface area is 166 Å². The molecule has 0 bridgehead atoms. The molecule has 0 spiro atoms. The lowest BCUT2D eigenvalue weighted by Gasteiger charge is -2.13. The lowest BCUT2D eigenvalue weighted by atomic mass is 10.1. The minimum Gasteiger partial charge on any atom is -0.456 e. The van der Waals surface area contributed by atoms with Crippen LogP contribution in [0.2, 0.25) is 0 Å². The van der Waals surface area contributed by atoms with E-state index in [1.807, 2.05) is 0 Å². The van der Waals surface area contributed by atoms with Crippen LogP contribution in [0, 0.1) is 5.82 Å². The molecular formula is C21H19FN2O5. The summed E-state index contributed by atoms with van der Waals surface area (Å²) in [5.74, 6) is -2.37. The summed E-state index contributed by atoms with van der Waals surface area (Å²) in [4.78, 5) is 49.0. The van der Waals surface area contributed by atoms with Crippen molar-refractivity contribution in [2.24, 2.45) is 0 Å². The van der Waals surface area contributed by atoms with Crippen molar-refractivity contribution < 1.29 is 28.3 Å². The highest BCUT2D eigenvalue weighted by molar-refractivity contribution is 6.21. The van der Waals surface area contributed by atoms with E-state index >= 15 is 0 Å². The van der Waals surface area contributed by atoms with Gasteiger partial charge in [0.05, 0.1) is 11.1 Å². The van der Waals surface area contributed by atoms with E-state index in [0.717, 1.165) is 4.90 Å². The van der Waals surface area contributed by atoms with Crippen LogP contribution in [0.1, 0.15) is 39.1 Å². The first-order chi connectivity index (χ1) is 14.0. The predicted octanol–water partition coefficient (Wildman–Crippen LogP) is 2.06. The van der Waals surface area contributed by atoms with Gasteiger partial charge in [0.15, 0.2) is 6.61 Å². The monoisotopic (exact) mass is 398 g/mol. The van der Waals surface area contributed by atoms with Crippen LogP contribution in [0.15, 0.2) is 48.5 Å². The van der Waals surface area contributed by atoms with Crippen molar-refractivity contribution in [1.82, 2.24) is 10.2 Å². The van der Waals surface area contributed by atoms with Gasteiger partial charge in [-0.2, -0.15) is 0 Å². The summed E-state index contributed by atoms with van der Waals surface area (Å²) in [7, 11) is 0. The molecule has 0 saturated carbocycles. The maximum absolute atomic E-state index is 13.5. The van der Waals surface area contributed by atoms with Crippen LogP contribution < -0.4 is 5.32 Å². The molecule has 0 atom stereocenters. The number of halogens is 1. The lowest BCUT2D eigenvalue weighted by Crippen LogP contribution is -2.31. The largest absolute Gasteiger partial charge is 0.456 e. The number of amides is 3. The first kappa shape index (κ1) is 20.2. The van der Waals surface area contributed by atoms with Gasteiger partial charge in [-0.25, -0.2) is 4.39 Å². The Kier molecular flexibility index (Phi) is 6.33. The van der Waals surface area contributed by atoms with E-state index in [4.69, 9.17) is 4.74 Å². The van der Waals surface area contributed by atoms with Crippen molar-refractivity contribution in [1.29, 1.82) is 0 Å². The van der Waals surface area contributed by atoms with Crippen LogP contribution >= 0.6 is 0 Å². The van der Waals surface area contributed by atoms with Crippen molar-refractivity contribution in [2.75, 3.05) is 13.2 Å². The Balaban J connectivity index is 1.36. The first-order valence-electron chi connectivity index (χ1n) is 9.08. The van der Waals surface area contributed by atoms with Crippen molar-refractivity contribution in [2.45, 2.75) is 19.4 Å². The number of nitrogens with one attached hydrogen (secondary N) is 1. The van der Waals surface area contributed by atoms with Gasteiger partial charge in [-0.05, 0) is 24.6 Å². The first-order valence-corrected chi connectivity index (χ1v) is 9.08. The zero-order valence-electron chi connectivity index (χ0n) is 15.5. The van der Waals surface area contributed by atoms with Crippen molar-refractivity contribution >= 4 is 23.7 Å². The zero-order valence-corrected chi connectivity index (χ0v) is 15.5. The number of esters is 1. The lowest BCUT2D eigenvalue weighted by molar-refractivity contribution is -0.148. The number of benzene rings is 2. The number of carbonyl (C=O) groups is 4. The maximum atomic E-state index is 13.5. The number of imide groups is 1. The molecule has 1 aliphatic heterocycles. The summed E-state index contributed by atoms with van der Waals surface area (Å²) in [6.45, 7) is -0.413. The highest BCUT2D eigenvalue weighted by Gasteiger charge is 2.34. The van der Waals surface area contributed by atoms with E-state index in [2.05, 4.69) is 5.32 Å². The van der Waals surface area contributed by atoms with E-state index in [0.29, 0.717) is 16.7 Å². The van der Waals surface area contributed by atoms with Gasteiger partial charge in [0.1, 0.15) is 5.82 Å². The number of hydrogen-bond donors (Lipinski definition) is 1. The van der Waals surface area contributed by atoms with Gasteiger partial charge in [0.25, 0.3) is 17.7 Å². The number of nitrogens with zero attached hydrogens (tertiary/aromatic N) is 1. The van der Waals surface area contributed by atoms with E-state index < -0.39 is 24.3 Å². The highest BCUT2D eigenvalue weighted by Crippen LogP contribution is 2.22. The Morgan fingerprint density at radius 1 is 0.966 bits per heavy atom. The molecule has 3 rings (SSSR count). The topological polar surface area (TPSA) is 92.8 Å². The minimum atomic E-state index is -0.623. The quantitative estimate of drug-likeness (QED) is 0.543. The second-order valence-electron chi connectivity index (χ2n) is 6.44. The molecule has 0 saturated heterocycles. The normalized spacial score (nSPS) is 12.7. The standard InChI is InChI=1S/C21H19FN2O5/c22-17-9-4-1-6-14(17)12-23-18(25)13-29-19(26)10-5-11-24-20(27)15-7-2-3-8-16(15)21(24)28/h1-4,6-9H,5,10-13H2,(H,23,25). The predicted molar refractivity (Wildman–Crippen MR) is 100 cm³/mol. The second-order valence-corrected chi connectivity index (χ2v) is 6.44. The third kappa shape index (κ3) is 4.84. The van der Waals surface area contributed by atoms with Gasteiger partial charge in [-0.15, -0.1) is 0 Å². The molecule has 1 N–H and O–H groups in total. The summed E-state index contributed by atoms with van der Waals surface area (Å²) < 4.78 is 18.3. The molecule has 0 aromatic heterocycles. The van der Waals surface area contributed by atoms with Crippen molar-refractivity contribution in [3.8, 4) is 0 Å². The van der Waals surface area contributed by atoms with E-state index in [9.17, 15) is 23.6 Å². The van der Waals surface area contributed by atoms with E-state index in [-0.39, 0.29) is 37.7 Å². The Hall–Kier alpha value is -3.55. The van der Waals surface area contributed by atoms with Crippen LogP contribution in [0.5, 0.6) is 0 Å². The summed E-state index contributed by atoms with van der Waals surface area (Å²) in [5, 5.41) is 2.46. The number of fused-ring (bicyclic) bond motifs is 1. The molecule has 0 radical (unpaired) electrons. The molecule has 3 amide bonds. The van der Waals surface area contributed by atoms with Crippen LogP contribution in [-0.4, -0.2) is 41.7 Å². The van der Waals surface area contributed by atoms with Gasteiger partial charge in [0, 0.05) is 25.1 Å². The average Bonchev–Trinajstić information content (AvgIpc) is 2.97. The fraction of sp³-hybridized carbons (Fsp3) is 0.238. The number of rotatable bonds is 8. The third-order valence-electron chi connectivity index (χ3n) is 4.44. The maximum Gasteiger partial charge on any atom is 0.306 e. The fourth-order valence-corrected chi connectivity index (χ4v) is 2.93. The summed E-state index contributed by atoms with van der Waals surface area (Å²) >= 11 is 0. The van der Waals surface area contributed by atoms with Crippen LogP contribution in [0.4, 0.5) is 4.39 Å². The fourth-order valence-electron chi connectivity index (χ4n) is 2.93. The van der Waals surface area contributed by atoms with Gasteiger partial charge < -0.3 is 10.1 Å². The molecule has 0 aliphatic carbocycles. The van der Waals surface area contributed by atoms with Gasteiger partial charge in [-0.1, -0.05) is 30.3 Å². The van der Waals surface area contributed by atoms with Crippen molar-refractivity contribution in [3.05, 3.63) is 71.0 Å². The molecule has 1 heterocycles. The molecule has 0 fully saturated rings. The molecular weight excluding hydrogens is 379 g/mol. The van der Waals surface area contributed by atoms with Crippen LogP contribution in [0.3, 0.4) is 0 Å². The Bertz CT molecular complexity index is 925. The Morgan fingerprint density at radius 3 is 2.24 bits per heavy atom. The summed E-state index contributed by atoms with van der Waals surface area (Å²) in [6, 6.07) is 12.6. The summed E-state index contributed by atoms with van der Waals surface area (Å²) in [5.41, 5.74) is 1.03. The molecule has 7 nitrogen and oxygen atoms in total. The van der Waals surface area contributed by atoms with Crippen LogP contribution in [-0.2, 0) is 20.9 Å². The molecule has 8 heteroatoms. The SMILES string of the molecule is O=C(COC(=O)CCCN1C(=O)c2ccccc2C1=O)NCc1ccccc1F. The Morgan fingerprint density at radius 2 is 1.59 bits per heavy atom. The highest BCUT2D eigenvalue weighted by atomic mass is 19.1. The average molecular weight is 398 g/mol. The van der Waals surface area contributed by atoms with Gasteiger partial charge in [0.2, 0.25) is 0 Å². The molecule has 0 unspecified atom stereocenters. The molecule has 29 heavy (non-hydrogen) atoms. The van der Waals surface area contributed by atoms with Crippen LogP contribution in [0.25, 0.3) is 0 Å². The molecule has 1 aliphatic rings. The smallest absolute Gasteiger partial charge is 0.306 e. The van der Waals surface area contributed by atoms with E-state index in [1.54, 1.807) is 42.5 Å². The number of carbonyl (C=O) groups excluding carboxylic acids is 4. The molecule has 2 aromatic carbocycles. The molecule has 150 valence electrons. The zero-order chi connectivity index (χ0) is 20.8. The van der Waals surface area contributed by atoms with Gasteiger partial charge in [-0.3, -0.25) is 24.1 Å².